The Balaban J connectivity index is 2.50. The Labute approximate surface area is 124 Å². The van der Waals surface area contributed by atoms with Gasteiger partial charge in [-0.1, -0.05) is 18.2 Å². The van der Waals surface area contributed by atoms with E-state index in [9.17, 15) is 4.79 Å². The fourth-order valence-corrected chi connectivity index (χ4v) is 1.72. The zero-order valence-corrected chi connectivity index (χ0v) is 12.8. The van der Waals surface area contributed by atoms with Crippen LogP contribution >= 0.6 is 12.2 Å². The first-order valence-corrected chi connectivity index (χ1v) is 6.80. The van der Waals surface area contributed by atoms with E-state index in [1.807, 2.05) is 45.0 Å². The van der Waals surface area contributed by atoms with Crippen molar-refractivity contribution in [1.29, 1.82) is 0 Å². The molecule has 4 N–H and O–H groups in total. The summed E-state index contributed by atoms with van der Waals surface area (Å²) < 4.78 is 5.16. The van der Waals surface area contributed by atoms with E-state index < -0.39 is 11.7 Å². The lowest BCUT2D eigenvalue weighted by atomic mass is 10.1. The second kappa shape index (κ2) is 7.09. The van der Waals surface area contributed by atoms with Crippen LogP contribution in [0.2, 0.25) is 0 Å². The summed E-state index contributed by atoms with van der Waals surface area (Å²) in [6.07, 6.45) is 0.239. The number of nitrogens with one attached hydrogen (secondary N) is 2. The molecule has 1 aromatic carbocycles. The minimum atomic E-state index is -0.491. The molecule has 20 heavy (non-hydrogen) atoms. The molecule has 0 aliphatic rings. The van der Waals surface area contributed by atoms with Gasteiger partial charge in [0.15, 0.2) is 5.11 Å². The maximum atomic E-state index is 11.5. The van der Waals surface area contributed by atoms with Crippen LogP contribution < -0.4 is 16.4 Å². The van der Waals surface area contributed by atoms with Gasteiger partial charge in [-0.05, 0) is 51.0 Å². The molecule has 0 heterocycles. The normalized spacial score (nSPS) is 10.8. The molecule has 0 radical (unpaired) electrons. The van der Waals surface area contributed by atoms with Gasteiger partial charge in [-0.3, -0.25) is 0 Å². The first-order chi connectivity index (χ1) is 9.28. The van der Waals surface area contributed by atoms with Crippen molar-refractivity contribution < 1.29 is 9.53 Å². The van der Waals surface area contributed by atoms with Gasteiger partial charge < -0.3 is 21.1 Å². The van der Waals surface area contributed by atoms with Gasteiger partial charge in [0.25, 0.3) is 0 Å². The Morgan fingerprint density at radius 2 is 2.00 bits per heavy atom. The van der Waals surface area contributed by atoms with Gasteiger partial charge in [0.2, 0.25) is 0 Å². The van der Waals surface area contributed by atoms with Crippen LogP contribution in [0.15, 0.2) is 24.3 Å². The third-order valence-electron chi connectivity index (χ3n) is 2.34. The van der Waals surface area contributed by atoms with Crippen molar-refractivity contribution in [2.24, 2.45) is 5.73 Å². The van der Waals surface area contributed by atoms with E-state index in [0.29, 0.717) is 13.0 Å². The molecule has 0 atom stereocenters. The maximum absolute atomic E-state index is 11.5. The highest BCUT2D eigenvalue weighted by Gasteiger charge is 2.15. The van der Waals surface area contributed by atoms with Crippen molar-refractivity contribution in [2.75, 3.05) is 11.9 Å². The van der Waals surface area contributed by atoms with Gasteiger partial charge in [0, 0.05) is 12.2 Å². The molecule has 0 bridgehead atoms. The second-order valence-electron chi connectivity index (χ2n) is 5.33. The van der Waals surface area contributed by atoms with Crippen molar-refractivity contribution >= 4 is 29.1 Å². The summed E-state index contributed by atoms with van der Waals surface area (Å²) in [5.74, 6) is 0. The van der Waals surface area contributed by atoms with Gasteiger partial charge in [-0.15, -0.1) is 0 Å². The van der Waals surface area contributed by atoms with E-state index in [1.54, 1.807) is 0 Å². The molecule has 0 fully saturated rings. The van der Waals surface area contributed by atoms with Gasteiger partial charge in [-0.2, -0.15) is 0 Å². The van der Waals surface area contributed by atoms with Crippen molar-refractivity contribution in [3.05, 3.63) is 29.8 Å². The zero-order chi connectivity index (χ0) is 15.2. The molecule has 1 amide bonds. The summed E-state index contributed by atoms with van der Waals surface area (Å²) in [5.41, 5.74) is 6.86. The molecule has 5 nitrogen and oxygen atoms in total. The third kappa shape index (κ3) is 6.38. The number of rotatable bonds is 4. The number of thiocarbonyl (C=S) groups is 1. The van der Waals surface area contributed by atoms with Crippen molar-refractivity contribution in [3.63, 3.8) is 0 Å². The van der Waals surface area contributed by atoms with Gasteiger partial charge >= 0.3 is 6.09 Å². The van der Waals surface area contributed by atoms with E-state index in [-0.39, 0.29) is 5.11 Å². The first-order valence-electron chi connectivity index (χ1n) is 6.39. The standard InChI is InChI=1S/C14H21N3O2S/c1-14(2,3)19-13(18)16-9-8-10-6-4-5-7-11(10)17-12(15)20/h4-7H,8-9H2,1-3H3,(H,16,18)(H3,15,17,20). The quantitative estimate of drug-likeness (QED) is 0.744. The van der Waals surface area contributed by atoms with Crippen LogP contribution in [0.3, 0.4) is 0 Å². The molecule has 0 aliphatic heterocycles. The van der Waals surface area contributed by atoms with Crippen molar-refractivity contribution in [2.45, 2.75) is 32.8 Å². The molecule has 0 saturated carbocycles. The largest absolute Gasteiger partial charge is 0.444 e. The number of amides is 1. The summed E-state index contributed by atoms with van der Waals surface area (Å²) in [6, 6.07) is 7.66. The Hall–Kier alpha value is -1.82. The Kier molecular flexibility index (Phi) is 5.76. The highest BCUT2D eigenvalue weighted by molar-refractivity contribution is 7.80. The van der Waals surface area contributed by atoms with Crippen LogP contribution in [-0.4, -0.2) is 23.4 Å². The van der Waals surface area contributed by atoms with Crippen LogP contribution in [0.1, 0.15) is 26.3 Å². The average Bonchev–Trinajstić information content (AvgIpc) is 2.28. The van der Waals surface area contributed by atoms with E-state index in [2.05, 4.69) is 10.6 Å². The number of carbonyl (C=O) groups excluding carboxylic acids is 1. The minimum absolute atomic E-state index is 0.220. The molecule has 1 rings (SSSR count). The van der Waals surface area contributed by atoms with Crippen LogP contribution in [0, 0.1) is 0 Å². The highest BCUT2D eigenvalue weighted by Crippen LogP contribution is 2.15. The lowest BCUT2D eigenvalue weighted by Gasteiger charge is -2.19. The number of carbonyl (C=O) groups is 1. The van der Waals surface area contributed by atoms with E-state index in [4.69, 9.17) is 22.7 Å². The van der Waals surface area contributed by atoms with E-state index in [1.165, 1.54) is 0 Å². The monoisotopic (exact) mass is 295 g/mol. The third-order valence-corrected chi connectivity index (χ3v) is 2.44. The number of benzene rings is 1. The molecule has 0 spiro atoms. The Morgan fingerprint density at radius 1 is 1.35 bits per heavy atom. The van der Waals surface area contributed by atoms with Crippen molar-refractivity contribution in [3.8, 4) is 0 Å². The fourth-order valence-electron chi connectivity index (χ4n) is 1.61. The molecule has 0 aromatic heterocycles. The number of alkyl carbamates (subject to hydrolysis) is 1. The van der Waals surface area contributed by atoms with Gasteiger partial charge in [0.1, 0.15) is 5.60 Å². The summed E-state index contributed by atoms with van der Waals surface area (Å²) in [4.78, 5) is 11.5. The highest BCUT2D eigenvalue weighted by atomic mass is 32.1. The lowest BCUT2D eigenvalue weighted by molar-refractivity contribution is 0.0528. The SMILES string of the molecule is CC(C)(C)OC(=O)NCCc1ccccc1NC(N)=S. The molecular formula is C14H21N3O2S. The molecule has 0 aliphatic carbocycles. The number of para-hydroxylation sites is 1. The van der Waals surface area contributed by atoms with Crippen LogP contribution in [0.4, 0.5) is 10.5 Å². The predicted octanol–water partition coefficient (Wildman–Crippen LogP) is 2.41. The fraction of sp³-hybridized carbons (Fsp3) is 0.429. The molecule has 110 valence electrons. The molecule has 0 unspecified atom stereocenters. The molecule has 0 saturated heterocycles. The van der Waals surface area contributed by atoms with Crippen LogP contribution in [0.5, 0.6) is 0 Å². The van der Waals surface area contributed by atoms with Crippen LogP contribution in [-0.2, 0) is 11.2 Å². The Bertz CT molecular complexity index is 484. The van der Waals surface area contributed by atoms with Gasteiger partial charge in [-0.25, -0.2) is 4.79 Å². The number of nitrogens with two attached hydrogens (primary N) is 1. The van der Waals surface area contributed by atoms with E-state index >= 15 is 0 Å². The number of anilines is 1. The molecular weight excluding hydrogens is 274 g/mol. The Morgan fingerprint density at radius 3 is 2.60 bits per heavy atom. The number of hydrogen-bond donors (Lipinski definition) is 3. The molecule has 6 heteroatoms. The maximum Gasteiger partial charge on any atom is 0.407 e. The summed E-state index contributed by atoms with van der Waals surface area (Å²) >= 11 is 4.83. The number of ether oxygens (including phenoxy) is 1. The van der Waals surface area contributed by atoms with Crippen molar-refractivity contribution in [1.82, 2.24) is 5.32 Å². The minimum Gasteiger partial charge on any atom is -0.444 e. The second-order valence-corrected chi connectivity index (χ2v) is 5.76. The predicted molar refractivity (Wildman–Crippen MR) is 84.8 cm³/mol. The smallest absolute Gasteiger partial charge is 0.407 e. The zero-order valence-electron chi connectivity index (χ0n) is 12.0. The summed E-state index contributed by atoms with van der Waals surface area (Å²) in [5, 5.41) is 5.85. The first kappa shape index (κ1) is 16.2. The summed E-state index contributed by atoms with van der Waals surface area (Å²) in [6.45, 7) is 5.96. The average molecular weight is 295 g/mol. The topological polar surface area (TPSA) is 76.4 Å². The van der Waals surface area contributed by atoms with E-state index in [0.717, 1.165) is 11.3 Å². The lowest BCUT2D eigenvalue weighted by Crippen LogP contribution is -2.33. The molecule has 1 aromatic rings. The van der Waals surface area contributed by atoms with Crippen LogP contribution in [0.25, 0.3) is 0 Å². The summed E-state index contributed by atoms with van der Waals surface area (Å²) in [7, 11) is 0. The number of hydrogen-bond acceptors (Lipinski definition) is 3. The van der Waals surface area contributed by atoms with Gasteiger partial charge in [0.05, 0.1) is 0 Å².